The van der Waals surface area contributed by atoms with Gasteiger partial charge in [-0.15, -0.1) is 12.4 Å². The van der Waals surface area contributed by atoms with Gasteiger partial charge < -0.3 is 24.4 Å². The summed E-state index contributed by atoms with van der Waals surface area (Å²) in [5.74, 6) is 2.85. The molecule has 1 N–H and O–H groups in total. The predicted octanol–water partition coefficient (Wildman–Crippen LogP) is 3.65. The maximum atomic E-state index is 5.48. The van der Waals surface area contributed by atoms with E-state index in [-0.39, 0.29) is 12.4 Å². The monoisotopic (exact) mass is 402 g/mol. The van der Waals surface area contributed by atoms with Crippen molar-refractivity contribution >= 4 is 40.8 Å². The first-order valence-electron chi connectivity index (χ1n) is 8.87. The van der Waals surface area contributed by atoms with Crippen LogP contribution in [0.15, 0.2) is 42.5 Å². The molecule has 0 amide bonds. The number of hydrogen-bond acceptors (Lipinski definition) is 7. The van der Waals surface area contributed by atoms with Crippen molar-refractivity contribution in [2.75, 3.05) is 50.7 Å². The average Bonchev–Trinajstić information content (AvgIpc) is 2.73. The SMILES string of the molecule is COc1ccc(OC)c(Nc2nc(N3CCOCC3)c3ccccc3n2)c1.Cl. The molecule has 0 bridgehead atoms. The summed E-state index contributed by atoms with van der Waals surface area (Å²) in [6.45, 7) is 3.02. The molecule has 1 aliphatic rings. The van der Waals surface area contributed by atoms with E-state index in [1.165, 1.54) is 0 Å². The van der Waals surface area contributed by atoms with Gasteiger partial charge in [0.15, 0.2) is 0 Å². The molecule has 1 fully saturated rings. The normalized spacial score (nSPS) is 13.7. The molecule has 0 spiro atoms. The van der Waals surface area contributed by atoms with Crippen molar-refractivity contribution in [2.45, 2.75) is 0 Å². The molecule has 8 heteroatoms. The molecule has 0 radical (unpaired) electrons. The number of hydrogen-bond donors (Lipinski definition) is 1. The average molecular weight is 403 g/mol. The van der Waals surface area contributed by atoms with Crippen LogP contribution < -0.4 is 19.7 Å². The molecule has 3 aromatic rings. The van der Waals surface area contributed by atoms with Crippen molar-refractivity contribution in [3.63, 3.8) is 0 Å². The zero-order valence-electron chi connectivity index (χ0n) is 15.8. The summed E-state index contributed by atoms with van der Waals surface area (Å²) in [6.07, 6.45) is 0. The number of nitrogens with one attached hydrogen (secondary N) is 1. The molecular formula is C20H23ClN4O3. The van der Waals surface area contributed by atoms with Gasteiger partial charge in [0, 0.05) is 24.5 Å². The third-order valence-electron chi connectivity index (χ3n) is 4.55. The van der Waals surface area contributed by atoms with Gasteiger partial charge in [-0.25, -0.2) is 4.98 Å². The van der Waals surface area contributed by atoms with E-state index < -0.39 is 0 Å². The van der Waals surface area contributed by atoms with Crippen LogP contribution in [0.1, 0.15) is 0 Å². The van der Waals surface area contributed by atoms with Crippen LogP contribution in [0.25, 0.3) is 10.9 Å². The number of morpholine rings is 1. The van der Waals surface area contributed by atoms with Gasteiger partial charge in [-0.3, -0.25) is 0 Å². The molecule has 1 aromatic heterocycles. The third kappa shape index (κ3) is 4.05. The second-order valence-electron chi connectivity index (χ2n) is 6.18. The fourth-order valence-electron chi connectivity index (χ4n) is 3.16. The van der Waals surface area contributed by atoms with E-state index in [0.29, 0.717) is 24.9 Å². The lowest BCUT2D eigenvalue weighted by Crippen LogP contribution is -2.37. The summed E-state index contributed by atoms with van der Waals surface area (Å²) in [5, 5.41) is 4.31. The summed E-state index contributed by atoms with van der Waals surface area (Å²) < 4.78 is 16.3. The van der Waals surface area contributed by atoms with Crippen molar-refractivity contribution < 1.29 is 14.2 Å². The van der Waals surface area contributed by atoms with Crippen molar-refractivity contribution in [2.24, 2.45) is 0 Å². The van der Waals surface area contributed by atoms with Gasteiger partial charge >= 0.3 is 0 Å². The van der Waals surface area contributed by atoms with Crippen LogP contribution in [0.3, 0.4) is 0 Å². The molecule has 2 heterocycles. The van der Waals surface area contributed by atoms with E-state index in [2.05, 4.69) is 21.3 Å². The summed E-state index contributed by atoms with van der Waals surface area (Å²) >= 11 is 0. The fraction of sp³-hybridized carbons (Fsp3) is 0.300. The van der Waals surface area contributed by atoms with E-state index >= 15 is 0 Å². The van der Waals surface area contributed by atoms with Crippen LogP contribution in [0.5, 0.6) is 11.5 Å². The largest absolute Gasteiger partial charge is 0.497 e. The van der Waals surface area contributed by atoms with Gasteiger partial charge in [0.2, 0.25) is 5.95 Å². The summed E-state index contributed by atoms with van der Waals surface area (Å²) in [6, 6.07) is 13.6. The van der Waals surface area contributed by atoms with Crippen LogP contribution in [-0.2, 0) is 4.74 Å². The standard InChI is InChI=1S/C20H22N4O3.ClH/c1-25-14-7-8-18(26-2)17(13-14)22-20-21-16-6-4-3-5-15(16)19(23-20)24-9-11-27-12-10-24;/h3-8,13H,9-12H2,1-2H3,(H,21,22,23);1H. The molecule has 1 aliphatic heterocycles. The highest BCUT2D eigenvalue weighted by Gasteiger charge is 2.18. The Labute approximate surface area is 170 Å². The fourth-order valence-corrected chi connectivity index (χ4v) is 3.16. The molecule has 2 aromatic carbocycles. The van der Waals surface area contributed by atoms with Crippen LogP contribution in [0, 0.1) is 0 Å². The van der Waals surface area contributed by atoms with Crippen molar-refractivity contribution in [3.05, 3.63) is 42.5 Å². The maximum absolute atomic E-state index is 5.48. The van der Waals surface area contributed by atoms with E-state index in [9.17, 15) is 0 Å². The van der Waals surface area contributed by atoms with Gasteiger partial charge in [0.1, 0.15) is 17.3 Å². The zero-order valence-corrected chi connectivity index (χ0v) is 16.7. The van der Waals surface area contributed by atoms with Crippen molar-refractivity contribution in [1.29, 1.82) is 0 Å². The second kappa shape index (κ2) is 8.95. The molecular weight excluding hydrogens is 380 g/mol. The number of nitrogens with zero attached hydrogens (tertiary/aromatic N) is 3. The Morgan fingerprint density at radius 2 is 1.79 bits per heavy atom. The predicted molar refractivity (Wildman–Crippen MR) is 113 cm³/mol. The molecule has 4 rings (SSSR count). The lowest BCUT2D eigenvalue weighted by molar-refractivity contribution is 0.122. The number of ether oxygens (including phenoxy) is 3. The minimum absolute atomic E-state index is 0. The van der Waals surface area contributed by atoms with Crippen molar-refractivity contribution in [3.8, 4) is 11.5 Å². The number of benzene rings is 2. The third-order valence-corrected chi connectivity index (χ3v) is 4.55. The topological polar surface area (TPSA) is 68.7 Å². The van der Waals surface area contributed by atoms with Crippen LogP contribution in [-0.4, -0.2) is 50.5 Å². The van der Waals surface area contributed by atoms with Gasteiger partial charge in [0.05, 0.1) is 38.6 Å². The summed E-state index contributed by atoms with van der Waals surface area (Å²) in [5.41, 5.74) is 1.64. The molecule has 7 nitrogen and oxygen atoms in total. The first kappa shape index (κ1) is 20.0. The number of fused-ring (bicyclic) bond motifs is 1. The Balaban J connectivity index is 0.00000225. The summed E-state index contributed by atoms with van der Waals surface area (Å²) in [4.78, 5) is 11.7. The van der Waals surface area contributed by atoms with Crippen molar-refractivity contribution in [1.82, 2.24) is 9.97 Å². The number of para-hydroxylation sites is 1. The lowest BCUT2D eigenvalue weighted by atomic mass is 10.2. The number of halogens is 1. The molecule has 1 saturated heterocycles. The highest BCUT2D eigenvalue weighted by molar-refractivity contribution is 5.91. The quantitative estimate of drug-likeness (QED) is 0.698. The Hall–Kier alpha value is -2.77. The number of anilines is 3. The smallest absolute Gasteiger partial charge is 0.229 e. The van der Waals surface area contributed by atoms with Crippen LogP contribution in [0.4, 0.5) is 17.5 Å². The molecule has 148 valence electrons. The molecule has 0 aliphatic carbocycles. The Morgan fingerprint density at radius 1 is 1.00 bits per heavy atom. The van der Waals surface area contributed by atoms with Gasteiger partial charge in [-0.1, -0.05) is 12.1 Å². The van der Waals surface area contributed by atoms with Gasteiger partial charge in [-0.2, -0.15) is 4.98 Å². The van der Waals surface area contributed by atoms with E-state index in [1.54, 1.807) is 14.2 Å². The van der Waals surface area contributed by atoms with E-state index in [0.717, 1.165) is 41.2 Å². The van der Waals surface area contributed by atoms with E-state index in [1.807, 2.05) is 36.4 Å². The number of methoxy groups -OCH3 is 2. The Kier molecular flexibility index (Phi) is 6.38. The summed E-state index contributed by atoms with van der Waals surface area (Å²) in [7, 11) is 3.27. The minimum Gasteiger partial charge on any atom is -0.497 e. The molecule has 0 unspecified atom stereocenters. The number of aromatic nitrogens is 2. The first-order chi connectivity index (χ1) is 13.3. The van der Waals surface area contributed by atoms with Gasteiger partial charge in [-0.05, 0) is 24.3 Å². The Morgan fingerprint density at radius 3 is 2.54 bits per heavy atom. The lowest BCUT2D eigenvalue weighted by Gasteiger charge is -2.29. The van der Waals surface area contributed by atoms with Crippen LogP contribution >= 0.6 is 12.4 Å². The maximum Gasteiger partial charge on any atom is 0.229 e. The zero-order chi connectivity index (χ0) is 18.6. The Bertz CT molecular complexity index is 948. The number of rotatable bonds is 5. The molecule has 0 atom stereocenters. The van der Waals surface area contributed by atoms with Gasteiger partial charge in [0.25, 0.3) is 0 Å². The second-order valence-corrected chi connectivity index (χ2v) is 6.18. The molecule has 28 heavy (non-hydrogen) atoms. The van der Waals surface area contributed by atoms with E-state index in [4.69, 9.17) is 19.2 Å². The van der Waals surface area contributed by atoms with Crippen LogP contribution in [0.2, 0.25) is 0 Å². The highest BCUT2D eigenvalue weighted by atomic mass is 35.5. The molecule has 0 saturated carbocycles. The first-order valence-corrected chi connectivity index (χ1v) is 8.87. The highest BCUT2D eigenvalue weighted by Crippen LogP contribution is 2.32. The minimum atomic E-state index is 0.